The Labute approximate surface area is 122 Å². The lowest BCUT2D eigenvalue weighted by atomic mass is 10.0. The van der Waals surface area contributed by atoms with Crippen LogP contribution < -0.4 is 5.56 Å². The van der Waals surface area contributed by atoms with Gasteiger partial charge >= 0.3 is 5.97 Å². The zero-order valence-electron chi connectivity index (χ0n) is 11.9. The Balaban J connectivity index is 2.55. The Bertz CT molecular complexity index is 591. The molecule has 1 aromatic heterocycles. The SMILES string of the molecule is Cc1c(Cl)nn(C(CC(C)C)C(=O)O)c(=O)c1C1CC1. The summed E-state index contributed by atoms with van der Waals surface area (Å²) in [6.07, 6.45) is 2.27. The Kier molecular flexibility index (Phi) is 4.18. The third-order valence-corrected chi connectivity index (χ3v) is 3.97. The van der Waals surface area contributed by atoms with Crippen LogP contribution >= 0.6 is 11.6 Å². The van der Waals surface area contributed by atoms with Crippen molar-refractivity contribution in [2.45, 2.75) is 52.0 Å². The highest BCUT2D eigenvalue weighted by Crippen LogP contribution is 2.40. The van der Waals surface area contributed by atoms with Crippen LogP contribution in [-0.4, -0.2) is 20.9 Å². The van der Waals surface area contributed by atoms with Crippen LogP contribution in [0, 0.1) is 12.8 Å². The van der Waals surface area contributed by atoms with E-state index in [1.807, 2.05) is 13.8 Å². The van der Waals surface area contributed by atoms with E-state index in [4.69, 9.17) is 11.6 Å². The molecule has 1 heterocycles. The molecule has 1 N–H and O–H groups in total. The van der Waals surface area contributed by atoms with E-state index in [2.05, 4.69) is 5.10 Å². The van der Waals surface area contributed by atoms with E-state index in [1.54, 1.807) is 6.92 Å². The lowest BCUT2D eigenvalue weighted by Crippen LogP contribution is -2.35. The Morgan fingerprint density at radius 2 is 2.10 bits per heavy atom. The Morgan fingerprint density at radius 3 is 2.55 bits per heavy atom. The summed E-state index contributed by atoms with van der Waals surface area (Å²) in [5, 5.41) is 13.6. The molecule has 1 aliphatic carbocycles. The summed E-state index contributed by atoms with van der Waals surface area (Å²) in [5.41, 5.74) is 1.02. The van der Waals surface area contributed by atoms with Crippen LogP contribution in [-0.2, 0) is 4.79 Å². The highest BCUT2D eigenvalue weighted by molar-refractivity contribution is 6.30. The second-order valence-electron chi connectivity index (χ2n) is 5.84. The Hall–Kier alpha value is -1.36. The molecule has 0 aliphatic heterocycles. The molecule has 0 saturated heterocycles. The molecular formula is C14H19ClN2O3. The van der Waals surface area contributed by atoms with Gasteiger partial charge in [0.15, 0.2) is 11.2 Å². The highest BCUT2D eigenvalue weighted by atomic mass is 35.5. The lowest BCUT2D eigenvalue weighted by Gasteiger charge is -2.18. The van der Waals surface area contributed by atoms with E-state index in [0.29, 0.717) is 17.5 Å². The molecule has 0 aromatic carbocycles. The van der Waals surface area contributed by atoms with Gasteiger partial charge < -0.3 is 5.11 Å². The topological polar surface area (TPSA) is 72.2 Å². The lowest BCUT2D eigenvalue weighted by molar-refractivity contribution is -0.141. The van der Waals surface area contributed by atoms with Crippen molar-refractivity contribution in [1.82, 2.24) is 9.78 Å². The van der Waals surface area contributed by atoms with Crippen molar-refractivity contribution in [3.8, 4) is 0 Å². The summed E-state index contributed by atoms with van der Waals surface area (Å²) >= 11 is 6.08. The maximum absolute atomic E-state index is 12.5. The Morgan fingerprint density at radius 1 is 1.50 bits per heavy atom. The molecule has 5 nitrogen and oxygen atoms in total. The molecule has 1 fully saturated rings. The minimum atomic E-state index is -1.05. The zero-order valence-corrected chi connectivity index (χ0v) is 12.6. The first kappa shape index (κ1) is 15.0. The van der Waals surface area contributed by atoms with Crippen LogP contribution in [0.25, 0.3) is 0 Å². The zero-order chi connectivity index (χ0) is 15.0. The van der Waals surface area contributed by atoms with Crippen LogP contribution in [0.5, 0.6) is 0 Å². The number of carboxylic acids is 1. The standard InChI is InChI=1S/C14H19ClN2O3/c1-7(2)6-10(14(19)20)17-13(18)11(9-4-5-9)8(3)12(15)16-17/h7,9-10H,4-6H2,1-3H3,(H,19,20). The van der Waals surface area contributed by atoms with Gasteiger partial charge in [-0.2, -0.15) is 5.10 Å². The number of carbonyl (C=O) groups is 1. The average molecular weight is 299 g/mol. The van der Waals surface area contributed by atoms with E-state index in [0.717, 1.165) is 17.5 Å². The van der Waals surface area contributed by atoms with Crippen LogP contribution in [0.4, 0.5) is 0 Å². The molecule has 2 rings (SSSR count). The van der Waals surface area contributed by atoms with Crippen LogP contribution in [0.1, 0.15) is 56.2 Å². The molecule has 6 heteroatoms. The monoisotopic (exact) mass is 298 g/mol. The van der Waals surface area contributed by atoms with Crippen molar-refractivity contribution in [2.24, 2.45) is 5.92 Å². The second kappa shape index (κ2) is 5.56. The van der Waals surface area contributed by atoms with Gasteiger partial charge in [0.1, 0.15) is 0 Å². The quantitative estimate of drug-likeness (QED) is 0.907. The number of halogens is 1. The largest absolute Gasteiger partial charge is 0.480 e. The number of hydrogen-bond donors (Lipinski definition) is 1. The van der Waals surface area contributed by atoms with Crippen LogP contribution in [0.15, 0.2) is 4.79 Å². The third kappa shape index (κ3) is 2.87. The maximum Gasteiger partial charge on any atom is 0.328 e. The van der Waals surface area contributed by atoms with Gasteiger partial charge in [0.25, 0.3) is 5.56 Å². The summed E-state index contributed by atoms with van der Waals surface area (Å²) in [6.45, 7) is 5.60. The van der Waals surface area contributed by atoms with Gasteiger partial charge in [-0.3, -0.25) is 4.79 Å². The number of rotatable bonds is 5. The van der Waals surface area contributed by atoms with Gasteiger partial charge in [-0.05, 0) is 43.6 Å². The molecule has 20 heavy (non-hydrogen) atoms. The molecule has 1 aliphatic rings. The number of nitrogens with zero attached hydrogens (tertiary/aromatic N) is 2. The molecular weight excluding hydrogens is 280 g/mol. The molecule has 0 spiro atoms. The van der Waals surface area contributed by atoms with Crippen molar-refractivity contribution in [1.29, 1.82) is 0 Å². The van der Waals surface area contributed by atoms with Gasteiger partial charge in [0, 0.05) is 5.56 Å². The molecule has 1 saturated carbocycles. The fourth-order valence-corrected chi connectivity index (χ4v) is 2.61. The van der Waals surface area contributed by atoms with Crippen molar-refractivity contribution >= 4 is 17.6 Å². The van der Waals surface area contributed by atoms with Gasteiger partial charge in [-0.1, -0.05) is 25.4 Å². The van der Waals surface area contributed by atoms with Gasteiger partial charge in [-0.25, -0.2) is 9.48 Å². The number of carboxylic acid groups (broad SMARTS) is 1. The predicted molar refractivity (Wildman–Crippen MR) is 76.3 cm³/mol. The number of aromatic nitrogens is 2. The molecule has 1 atom stereocenters. The first-order chi connectivity index (χ1) is 9.32. The molecule has 0 amide bonds. The molecule has 1 unspecified atom stereocenters. The predicted octanol–water partition coefficient (Wildman–Crippen LogP) is 2.75. The van der Waals surface area contributed by atoms with Gasteiger partial charge in [0.2, 0.25) is 0 Å². The summed E-state index contributed by atoms with van der Waals surface area (Å²) in [7, 11) is 0. The van der Waals surface area contributed by atoms with Crippen molar-refractivity contribution in [3.63, 3.8) is 0 Å². The number of aliphatic carboxylic acids is 1. The highest BCUT2D eigenvalue weighted by Gasteiger charge is 2.33. The molecule has 0 radical (unpaired) electrons. The fourth-order valence-electron chi connectivity index (χ4n) is 2.43. The van der Waals surface area contributed by atoms with Gasteiger partial charge in [-0.15, -0.1) is 0 Å². The normalized spacial score (nSPS) is 16.4. The van der Waals surface area contributed by atoms with Crippen molar-refractivity contribution < 1.29 is 9.90 Å². The third-order valence-electron chi connectivity index (χ3n) is 3.61. The first-order valence-corrected chi connectivity index (χ1v) is 7.22. The van der Waals surface area contributed by atoms with E-state index in [-0.39, 0.29) is 22.5 Å². The van der Waals surface area contributed by atoms with Crippen molar-refractivity contribution in [2.75, 3.05) is 0 Å². The first-order valence-electron chi connectivity index (χ1n) is 6.84. The summed E-state index contributed by atoms with van der Waals surface area (Å²) < 4.78 is 1.06. The number of hydrogen-bond acceptors (Lipinski definition) is 3. The minimum Gasteiger partial charge on any atom is -0.480 e. The van der Waals surface area contributed by atoms with E-state index in [1.165, 1.54) is 0 Å². The van der Waals surface area contributed by atoms with E-state index in [9.17, 15) is 14.7 Å². The van der Waals surface area contributed by atoms with E-state index < -0.39 is 12.0 Å². The van der Waals surface area contributed by atoms with Crippen LogP contribution in [0.2, 0.25) is 5.15 Å². The minimum absolute atomic E-state index is 0.147. The van der Waals surface area contributed by atoms with Crippen LogP contribution in [0.3, 0.4) is 0 Å². The van der Waals surface area contributed by atoms with Crippen molar-refractivity contribution in [3.05, 3.63) is 26.6 Å². The summed E-state index contributed by atoms with van der Waals surface area (Å²) in [4.78, 5) is 24.0. The smallest absolute Gasteiger partial charge is 0.328 e. The summed E-state index contributed by atoms with van der Waals surface area (Å²) in [6, 6.07) is -0.960. The molecule has 0 bridgehead atoms. The van der Waals surface area contributed by atoms with E-state index >= 15 is 0 Å². The second-order valence-corrected chi connectivity index (χ2v) is 6.20. The maximum atomic E-state index is 12.5. The molecule has 1 aromatic rings. The fraction of sp³-hybridized carbons (Fsp3) is 0.643. The summed E-state index contributed by atoms with van der Waals surface area (Å²) in [5.74, 6) is -0.688. The van der Waals surface area contributed by atoms with Gasteiger partial charge in [0.05, 0.1) is 0 Å². The molecule has 110 valence electrons. The average Bonchev–Trinajstić information content (AvgIpc) is 3.15.